The van der Waals surface area contributed by atoms with Crippen LogP contribution in [0.1, 0.15) is 33.6 Å². The van der Waals surface area contributed by atoms with E-state index in [-0.39, 0.29) is 6.10 Å². The minimum Gasteiger partial charge on any atom is -0.393 e. The maximum absolute atomic E-state index is 9.61. The molecule has 3 rings (SSSR count). The van der Waals surface area contributed by atoms with Crippen molar-refractivity contribution in [2.75, 3.05) is 0 Å². The van der Waals surface area contributed by atoms with E-state index in [0.29, 0.717) is 11.3 Å². The molecule has 0 saturated heterocycles. The third-order valence-corrected chi connectivity index (χ3v) is 4.31. The summed E-state index contributed by atoms with van der Waals surface area (Å²) in [5.41, 5.74) is 0.526. The van der Waals surface area contributed by atoms with E-state index >= 15 is 0 Å². The molecule has 1 N–H and O–H groups in total. The van der Waals surface area contributed by atoms with Gasteiger partial charge in [0.05, 0.1) is 6.10 Å². The molecule has 2 bridgehead atoms. The molecular formula is C10H18O. The van der Waals surface area contributed by atoms with Crippen LogP contribution < -0.4 is 0 Å². The molecule has 3 aliphatic carbocycles. The van der Waals surface area contributed by atoms with E-state index in [1.54, 1.807) is 0 Å². The minimum absolute atomic E-state index is 0.00762. The Bertz CT molecular complexity index is 174. The van der Waals surface area contributed by atoms with Crippen molar-refractivity contribution in [2.45, 2.75) is 39.7 Å². The molecule has 0 aromatic carbocycles. The van der Waals surface area contributed by atoms with Crippen LogP contribution in [0.5, 0.6) is 0 Å². The highest BCUT2D eigenvalue weighted by molar-refractivity contribution is 5.04. The molecule has 64 valence electrons. The quantitative estimate of drug-likeness (QED) is 0.566. The largest absolute Gasteiger partial charge is 0.393 e. The van der Waals surface area contributed by atoms with Gasteiger partial charge in [-0.1, -0.05) is 20.8 Å². The Morgan fingerprint density at radius 1 is 1.27 bits per heavy atom. The molecule has 4 atom stereocenters. The van der Waals surface area contributed by atoms with Crippen LogP contribution >= 0.6 is 0 Å². The summed E-state index contributed by atoms with van der Waals surface area (Å²) in [7, 11) is 0. The fourth-order valence-electron chi connectivity index (χ4n) is 3.12. The van der Waals surface area contributed by atoms with Crippen LogP contribution in [0.3, 0.4) is 0 Å². The van der Waals surface area contributed by atoms with Crippen molar-refractivity contribution in [1.29, 1.82) is 0 Å². The lowest BCUT2D eigenvalue weighted by molar-refractivity contribution is -0.154. The standard InChI is InChI=1S/C10H18O/c1-6-8-4-7(5-9(6)11)10(8,2)3/h6-9,11H,4-5H2,1-3H3/t6-,7+,8+,9-/m0/s1. The van der Waals surface area contributed by atoms with Gasteiger partial charge in [0, 0.05) is 0 Å². The molecule has 0 aromatic heterocycles. The van der Waals surface area contributed by atoms with Gasteiger partial charge >= 0.3 is 0 Å². The average Bonchev–Trinajstić information content (AvgIpc) is 1.93. The summed E-state index contributed by atoms with van der Waals surface area (Å²) >= 11 is 0. The fraction of sp³-hybridized carbons (Fsp3) is 1.00. The van der Waals surface area contributed by atoms with E-state index in [1.165, 1.54) is 6.42 Å². The van der Waals surface area contributed by atoms with E-state index in [0.717, 1.165) is 18.3 Å². The van der Waals surface area contributed by atoms with Gasteiger partial charge < -0.3 is 5.11 Å². The summed E-state index contributed by atoms with van der Waals surface area (Å²) in [6, 6.07) is 0. The number of hydrogen-bond acceptors (Lipinski definition) is 1. The zero-order valence-corrected chi connectivity index (χ0v) is 7.67. The van der Waals surface area contributed by atoms with Crippen molar-refractivity contribution in [2.24, 2.45) is 23.2 Å². The monoisotopic (exact) mass is 154 g/mol. The molecule has 0 heterocycles. The van der Waals surface area contributed by atoms with Gasteiger partial charge in [-0.15, -0.1) is 0 Å². The number of hydrogen-bond donors (Lipinski definition) is 1. The molecular weight excluding hydrogens is 136 g/mol. The Kier molecular flexibility index (Phi) is 1.39. The molecule has 1 heteroatoms. The lowest BCUT2D eigenvalue weighted by Crippen LogP contribution is -2.56. The van der Waals surface area contributed by atoms with E-state index in [9.17, 15) is 5.11 Å². The lowest BCUT2D eigenvalue weighted by Gasteiger charge is -2.61. The van der Waals surface area contributed by atoms with Crippen LogP contribution in [0, 0.1) is 23.2 Å². The summed E-state index contributed by atoms with van der Waals surface area (Å²) in [5.74, 6) is 2.13. The molecule has 0 radical (unpaired) electrons. The predicted octanol–water partition coefficient (Wildman–Crippen LogP) is 2.05. The van der Waals surface area contributed by atoms with Gasteiger partial charge in [-0.2, -0.15) is 0 Å². The van der Waals surface area contributed by atoms with E-state index < -0.39 is 0 Å². The molecule has 1 nitrogen and oxygen atoms in total. The Morgan fingerprint density at radius 3 is 2.27 bits per heavy atom. The normalized spacial score (nSPS) is 53.5. The second-order valence-corrected chi connectivity index (χ2v) is 5.02. The van der Waals surface area contributed by atoms with Gasteiger partial charge in [0.25, 0.3) is 0 Å². The van der Waals surface area contributed by atoms with Gasteiger partial charge in [-0.25, -0.2) is 0 Å². The van der Waals surface area contributed by atoms with Gasteiger partial charge in [-0.05, 0) is 36.0 Å². The first-order chi connectivity index (χ1) is 5.03. The summed E-state index contributed by atoms with van der Waals surface area (Å²) < 4.78 is 0. The summed E-state index contributed by atoms with van der Waals surface area (Å²) in [4.78, 5) is 0. The maximum atomic E-state index is 9.61. The van der Waals surface area contributed by atoms with E-state index in [1.807, 2.05) is 0 Å². The molecule has 11 heavy (non-hydrogen) atoms. The molecule has 3 aliphatic rings. The highest BCUT2D eigenvalue weighted by Crippen LogP contribution is 2.61. The lowest BCUT2D eigenvalue weighted by atomic mass is 9.45. The number of aliphatic hydroxyl groups excluding tert-OH is 1. The van der Waals surface area contributed by atoms with Crippen molar-refractivity contribution in [3.8, 4) is 0 Å². The van der Waals surface area contributed by atoms with Crippen LogP contribution in [0.2, 0.25) is 0 Å². The second-order valence-electron chi connectivity index (χ2n) is 5.02. The van der Waals surface area contributed by atoms with Crippen molar-refractivity contribution in [3.05, 3.63) is 0 Å². The molecule has 3 fully saturated rings. The smallest absolute Gasteiger partial charge is 0.0571 e. The first-order valence-corrected chi connectivity index (χ1v) is 4.71. The SMILES string of the molecule is C[C@H]1[C@H]2C[C@H](C[C@@H]1O)C2(C)C. The van der Waals surface area contributed by atoms with E-state index in [2.05, 4.69) is 20.8 Å². The number of rotatable bonds is 0. The van der Waals surface area contributed by atoms with Crippen molar-refractivity contribution in [3.63, 3.8) is 0 Å². The Balaban J connectivity index is 2.17. The van der Waals surface area contributed by atoms with Crippen LogP contribution in [0.25, 0.3) is 0 Å². The first kappa shape index (κ1) is 7.60. The summed E-state index contributed by atoms with van der Waals surface area (Å²) in [6.45, 7) is 6.91. The Labute approximate surface area is 68.8 Å². The highest BCUT2D eigenvalue weighted by atomic mass is 16.3. The predicted molar refractivity (Wildman–Crippen MR) is 45.2 cm³/mol. The third-order valence-electron chi connectivity index (χ3n) is 4.31. The van der Waals surface area contributed by atoms with Gasteiger partial charge in [0.15, 0.2) is 0 Å². The fourth-order valence-corrected chi connectivity index (χ4v) is 3.12. The molecule has 0 spiro atoms. The zero-order chi connectivity index (χ0) is 8.22. The Morgan fingerprint density at radius 2 is 1.91 bits per heavy atom. The molecule has 0 amide bonds. The number of fused-ring (bicyclic) bond motifs is 2. The molecule has 0 aliphatic heterocycles. The molecule has 3 saturated carbocycles. The van der Waals surface area contributed by atoms with Gasteiger partial charge in [-0.3, -0.25) is 0 Å². The van der Waals surface area contributed by atoms with Crippen molar-refractivity contribution >= 4 is 0 Å². The average molecular weight is 154 g/mol. The number of aliphatic hydroxyl groups is 1. The van der Waals surface area contributed by atoms with Gasteiger partial charge in [0.2, 0.25) is 0 Å². The maximum Gasteiger partial charge on any atom is 0.0571 e. The molecule has 0 aromatic rings. The van der Waals surface area contributed by atoms with Gasteiger partial charge in [0.1, 0.15) is 0 Å². The first-order valence-electron chi connectivity index (χ1n) is 4.71. The van der Waals surface area contributed by atoms with E-state index in [4.69, 9.17) is 0 Å². The van der Waals surface area contributed by atoms with Crippen molar-refractivity contribution in [1.82, 2.24) is 0 Å². The highest BCUT2D eigenvalue weighted by Gasteiger charge is 2.55. The van der Waals surface area contributed by atoms with Crippen LogP contribution in [-0.4, -0.2) is 11.2 Å². The van der Waals surface area contributed by atoms with Crippen LogP contribution in [0.15, 0.2) is 0 Å². The summed E-state index contributed by atoms with van der Waals surface area (Å²) in [5, 5.41) is 9.61. The summed E-state index contributed by atoms with van der Waals surface area (Å²) in [6.07, 6.45) is 2.40. The van der Waals surface area contributed by atoms with Crippen LogP contribution in [-0.2, 0) is 0 Å². The molecule has 0 unspecified atom stereocenters. The minimum atomic E-state index is -0.00762. The topological polar surface area (TPSA) is 20.2 Å². The zero-order valence-electron chi connectivity index (χ0n) is 7.67. The Hall–Kier alpha value is -0.0400. The second kappa shape index (κ2) is 2.01. The van der Waals surface area contributed by atoms with Crippen LogP contribution in [0.4, 0.5) is 0 Å². The third kappa shape index (κ3) is 0.807. The van der Waals surface area contributed by atoms with Crippen molar-refractivity contribution < 1.29 is 5.11 Å².